The summed E-state index contributed by atoms with van der Waals surface area (Å²) in [5.74, 6) is 1.36. The van der Waals surface area contributed by atoms with Crippen molar-refractivity contribution < 1.29 is 14.3 Å². The van der Waals surface area contributed by atoms with Gasteiger partial charge in [0.15, 0.2) is 0 Å². The fourth-order valence-electron chi connectivity index (χ4n) is 1.26. The fourth-order valence-corrected chi connectivity index (χ4v) is 2.10. The summed E-state index contributed by atoms with van der Waals surface area (Å²) in [7, 11) is 2.94. The first-order valence-electron chi connectivity index (χ1n) is 4.92. The molecule has 0 bridgehead atoms. The molecule has 0 spiro atoms. The topological polar surface area (TPSA) is 59.3 Å². The van der Waals surface area contributed by atoms with E-state index in [0.29, 0.717) is 11.3 Å². The monoisotopic (exact) mass is 251 g/mol. The SMILES string of the molecule is COC(=O)CSCc1cc(C#N)ccc1OC. The van der Waals surface area contributed by atoms with Gasteiger partial charge in [0.1, 0.15) is 5.75 Å². The van der Waals surface area contributed by atoms with Gasteiger partial charge in [-0.2, -0.15) is 5.26 Å². The summed E-state index contributed by atoms with van der Waals surface area (Å²) in [4.78, 5) is 11.0. The summed E-state index contributed by atoms with van der Waals surface area (Å²) in [6.45, 7) is 0. The standard InChI is InChI=1S/C12H13NO3S/c1-15-11-4-3-9(6-13)5-10(11)7-17-8-12(14)16-2/h3-5H,7-8H2,1-2H3. The van der Waals surface area contributed by atoms with Crippen molar-refractivity contribution >= 4 is 17.7 Å². The molecule has 0 aromatic heterocycles. The molecular weight excluding hydrogens is 238 g/mol. The minimum absolute atomic E-state index is 0.259. The number of carbonyl (C=O) groups is 1. The number of carbonyl (C=O) groups excluding carboxylic acids is 1. The molecule has 0 heterocycles. The van der Waals surface area contributed by atoms with Crippen LogP contribution in [-0.2, 0) is 15.3 Å². The molecule has 0 aliphatic rings. The summed E-state index contributed by atoms with van der Waals surface area (Å²) in [6.07, 6.45) is 0. The number of hydrogen-bond acceptors (Lipinski definition) is 5. The molecule has 1 aromatic rings. The molecule has 0 aliphatic carbocycles. The number of rotatable bonds is 5. The molecule has 90 valence electrons. The van der Waals surface area contributed by atoms with Gasteiger partial charge in [0.25, 0.3) is 0 Å². The molecule has 5 heteroatoms. The lowest BCUT2D eigenvalue weighted by molar-refractivity contribution is -0.137. The molecule has 17 heavy (non-hydrogen) atoms. The molecule has 0 unspecified atom stereocenters. The number of nitrogens with zero attached hydrogens (tertiary/aromatic N) is 1. The van der Waals surface area contributed by atoms with E-state index < -0.39 is 0 Å². The van der Waals surface area contributed by atoms with Gasteiger partial charge in [-0.05, 0) is 18.2 Å². The first kappa shape index (κ1) is 13.4. The van der Waals surface area contributed by atoms with Gasteiger partial charge in [-0.3, -0.25) is 4.79 Å². The van der Waals surface area contributed by atoms with E-state index in [1.165, 1.54) is 18.9 Å². The molecule has 0 radical (unpaired) electrons. The Bertz CT molecular complexity index is 440. The van der Waals surface area contributed by atoms with Crippen LogP contribution in [0.25, 0.3) is 0 Å². The molecule has 0 fully saturated rings. The maximum absolute atomic E-state index is 11.0. The molecule has 0 N–H and O–H groups in total. The van der Waals surface area contributed by atoms with E-state index in [1.54, 1.807) is 25.3 Å². The minimum Gasteiger partial charge on any atom is -0.496 e. The predicted molar refractivity (Wildman–Crippen MR) is 65.9 cm³/mol. The number of nitriles is 1. The highest BCUT2D eigenvalue weighted by atomic mass is 32.2. The largest absolute Gasteiger partial charge is 0.496 e. The van der Waals surface area contributed by atoms with Gasteiger partial charge in [0.05, 0.1) is 31.6 Å². The van der Waals surface area contributed by atoms with Crippen molar-refractivity contribution in [3.8, 4) is 11.8 Å². The van der Waals surface area contributed by atoms with E-state index in [9.17, 15) is 4.79 Å². The molecule has 0 saturated carbocycles. The molecule has 1 rings (SSSR count). The Morgan fingerprint density at radius 3 is 2.82 bits per heavy atom. The highest BCUT2D eigenvalue weighted by Gasteiger charge is 2.06. The summed E-state index contributed by atoms with van der Waals surface area (Å²) in [6, 6.07) is 7.30. The van der Waals surface area contributed by atoms with E-state index in [0.717, 1.165) is 11.3 Å². The Hall–Kier alpha value is -1.67. The van der Waals surface area contributed by atoms with Crippen LogP contribution in [-0.4, -0.2) is 25.9 Å². The molecule has 1 aromatic carbocycles. The van der Waals surface area contributed by atoms with Crippen molar-refractivity contribution in [3.05, 3.63) is 29.3 Å². The predicted octanol–water partition coefficient (Wildman–Crippen LogP) is 1.97. The number of thioether (sulfide) groups is 1. The molecule has 4 nitrogen and oxygen atoms in total. The fraction of sp³-hybridized carbons (Fsp3) is 0.333. The second-order valence-electron chi connectivity index (χ2n) is 3.21. The van der Waals surface area contributed by atoms with Crippen LogP contribution in [0.2, 0.25) is 0 Å². The van der Waals surface area contributed by atoms with Crippen LogP contribution in [0.5, 0.6) is 5.75 Å². The van der Waals surface area contributed by atoms with Crippen molar-refractivity contribution in [1.29, 1.82) is 5.26 Å². The minimum atomic E-state index is -0.259. The number of hydrogen-bond donors (Lipinski definition) is 0. The first-order valence-corrected chi connectivity index (χ1v) is 6.08. The Kier molecular flexibility index (Phi) is 5.37. The van der Waals surface area contributed by atoms with Crippen molar-refractivity contribution in [3.63, 3.8) is 0 Å². The Balaban J connectivity index is 2.68. The normalized spacial score (nSPS) is 9.47. The van der Waals surface area contributed by atoms with Crippen LogP contribution in [0.3, 0.4) is 0 Å². The summed E-state index contributed by atoms with van der Waals surface area (Å²) < 4.78 is 9.74. The maximum Gasteiger partial charge on any atom is 0.315 e. The zero-order valence-electron chi connectivity index (χ0n) is 9.73. The number of methoxy groups -OCH3 is 2. The van der Waals surface area contributed by atoms with E-state index in [2.05, 4.69) is 10.8 Å². The average molecular weight is 251 g/mol. The van der Waals surface area contributed by atoms with Gasteiger partial charge in [-0.15, -0.1) is 11.8 Å². The Morgan fingerprint density at radius 1 is 1.47 bits per heavy atom. The van der Waals surface area contributed by atoms with Crippen molar-refractivity contribution in [2.45, 2.75) is 5.75 Å². The second-order valence-corrected chi connectivity index (χ2v) is 4.19. The van der Waals surface area contributed by atoms with Crippen molar-refractivity contribution in [1.82, 2.24) is 0 Å². The molecule has 0 amide bonds. The van der Waals surface area contributed by atoms with Gasteiger partial charge in [0.2, 0.25) is 0 Å². The van der Waals surface area contributed by atoms with Gasteiger partial charge in [-0.25, -0.2) is 0 Å². The lowest BCUT2D eigenvalue weighted by Gasteiger charge is -2.08. The average Bonchev–Trinajstić information content (AvgIpc) is 2.38. The Labute approximate surface area is 105 Å². The highest BCUT2D eigenvalue weighted by molar-refractivity contribution is 7.99. The third-order valence-corrected chi connectivity index (χ3v) is 3.07. The van der Waals surface area contributed by atoms with Gasteiger partial charge >= 0.3 is 5.97 Å². The summed E-state index contributed by atoms with van der Waals surface area (Å²) in [5.41, 5.74) is 1.49. The van der Waals surface area contributed by atoms with Crippen molar-refractivity contribution in [2.24, 2.45) is 0 Å². The zero-order valence-corrected chi connectivity index (χ0v) is 10.5. The molecule has 0 aliphatic heterocycles. The number of esters is 1. The van der Waals surface area contributed by atoms with Crippen LogP contribution in [0.4, 0.5) is 0 Å². The molecule has 0 saturated heterocycles. The first-order chi connectivity index (χ1) is 8.21. The highest BCUT2D eigenvalue weighted by Crippen LogP contribution is 2.24. The third-order valence-electron chi connectivity index (χ3n) is 2.11. The van der Waals surface area contributed by atoms with Crippen LogP contribution >= 0.6 is 11.8 Å². The smallest absolute Gasteiger partial charge is 0.315 e. The second kappa shape index (κ2) is 6.81. The van der Waals surface area contributed by atoms with Crippen LogP contribution in [0, 0.1) is 11.3 Å². The number of ether oxygens (including phenoxy) is 2. The zero-order chi connectivity index (χ0) is 12.7. The summed E-state index contributed by atoms with van der Waals surface area (Å²) in [5, 5.41) is 8.81. The number of benzene rings is 1. The molecule has 0 atom stereocenters. The van der Waals surface area contributed by atoms with Crippen LogP contribution < -0.4 is 4.74 Å². The lowest BCUT2D eigenvalue weighted by Crippen LogP contribution is -2.03. The van der Waals surface area contributed by atoms with E-state index in [1.807, 2.05) is 0 Å². The third kappa shape index (κ3) is 4.00. The van der Waals surface area contributed by atoms with Crippen molar-refractivity contribution in [2.75, 3.05) is 20.0 Å². The van der Waals surface area contributed by atoms with Crippen LogP contribution in [0.1, 0.15) is 11.1 Å². The van der Waals surface area contributed by atoms with E-state index >= 15 is 0 Å². The quantitative estimate of drug-likeness (QED) is 0.749. The van der Waals surface area contributed by atoms with Crippen LogP contribution in [0.15, 0.2) is 18.2 Å². The van der Waals surface area contributed by atoms with E-state index in [4.69, 9.17) is 10.00 Å². The van der Waals surface area contributed by atoms with Gasteiger partial charge in [-0.1, -0.05) is 0 Å². The summed E-state index contributed by atoms with van der Waals surface area (Å²) >= 11 is 1.42. The molecular formula is C12H13NO3S. The van der Waals surface area contributed by atoms with Gasteiger partial charge in [0, 0.05) is 11.3 Å². The maximum atomic E-state index is 11.0. The lowest BCUT2D eigenvalue weighted by atomic mass is 10.1. The van der Waals surface area contributed by atoms with Gasteiger partial charge < -0.3 is 9.47 Å². The van der Waals surface area contributed by atoms with E-state index in [-0.39, 0.29) is 11.7 Å². The Morgan fingerprint density at radius 2 is 2.24 bits per heavy atom.